The van der Waals surface area contributed by atoms with Crippen LogP contribution in [0, 0.1) is 6.92 Å². The second-order valence-corrected chi connectivity index (χ2v) is 3.34. The van der Waals surface area contributed by atoms with Crippen molar-refractivity contribution in [1.29, 1.82) is 0 Å². The molecule has 2 rings (SSSR count). The lowest BCUT2D eigenvalue weighted by atomic mass is 9.96. The van der Waals surface area contributed by atoms with E-state index in [2.05, 4.69) is 19.1 Å². The largest absolute Gasteiger partial charge is 0.272 e. The Bertz CT molecular complexity index is 247. The van der Waals surface area contributed by atoms with E-state index in [1.54, 1.807) is 0 Å². The molecule has 1 aromatic rings. The molecule has 0 saturated heterocycles. The average Bonchev–Trinajstić information content (AvgIpc) is 2.30. The Morgan fingerprint density at radius 3 is 2.73 bits per heavy atom. The van der Waals surface area contributed by atoms with Gasteiger partial charge in [-0.25, -0.2) is 0 Å². The molecule has 0 radical (unpaired) electrons. The summed E-state index contributed by atoms with van der Waals surface area (Å²) in [6.45, 7) is 2.12. The first kappa shape index (κ1) is 6.89. The first-order valence-corrected chi connectivity index (χ1v) is 4.30. The van der Waals surface area contributed by atoms with Crippen LogP contribution in [0.5, 0.6) is 0 Å². The third-order valence-electron chi connectivity index (χ3n) is 2.57. The van der Waals surface area contributed by atoms with Crippen LogP contribution in [0.25, 0.3) is 0 Å². The van der Waals surface area contributed by atoms with Crippen LogP contribution in [0.2, 0.25) is 0 Å². The van der Waals surface area contributed by atoms with Gasteiger partial charge in [-0.2, -0.15) is 5.10 Å². The zero-order valence-electron chi connectivity index (χ0n) is 7.22. The van der Waals surface area contributed by atoms with Crippen molar-refractivity contribution in [3.8, 4) is 0 Å². The van der Waals surface area contributed by atoms with E-state index in [4.69, 9.17) is 0 Å². The molecule has 1 heterocycles. The van der Waals surface area contributed by atoms with Crippen LogP contribution in [0.1, 0.15) is 29.8 Å². The van der Waals surface area contributed by atoms with E-state index in [1.165, 1.54) is 42.6 Å². The SMILES string of the molecule is Cc1nn(C)c2c1CCCC2. The summed E-state index contributed by atoms with van der Waals surface area (Å²) < 4.78 is 2.05. The van der Waals surface area contributed by atoms with Crippen LogP contribution < -0.4 is 0 Å². The molecule has 0 unspecified atom stereocenters. The molecule has 60 valence electrons. The van der Waals surface area contributed by atoms with Gasteiger partial charge in [0.15, 0.2) is 0 Å². The van der Waals surface area contributed by atoms with Crippen LogP contribution in [0.4, 0.5) is 0 Å². The third-order valence-corrected chi connectivity index (χ3v) is 2.57. The van der Waals surface area contributed by atoms with Gasteiger partial charge < -0.3 is 0 Å². The van der Waals surface area contributed by atoms with E-state index in [-0.39, 0.29) is 0 Å². The molecule has 0 atom stereocenters. The second kappa shape index (κ2) is 2.36. The zero-order valence-corrected chi connectivity index (χ0v) is 7.22. The monoisotopic (exact) mass is 150 g/mol. The van der Waals surface area contributed by atoms with Crippen LogP contribution in [-0.4, -0.2) is 9.78 Å². The highest BCUT2D eigenvalue weighted by Gasteiger charge is 2.15. The molecule has 1 aliphatic carbocycles. The van der Waals surface area contributed by atoms with Gasteiger partial charge in [0, 0.05) is 12.7 Å². The van der Waals surface area contributed by atoms with E-state index in [1.807, 2.05) is 4.68 Å². The van der Waals surface area contributed by atoms with E-state index in [0.29, 0.717) is 0 Å². The first-order chi connectivity index (χ1) is 5.29. The fourth-order valence-electron chi connectivity index (χ4n) is 1.98. The lowest BCUT2D eigenvalue weighted by Gasteiger charge is -2.11. The van der Waals surface area contributed by atoms with Gasteiger partial charge in [0.1, 0.15) is 0 Å². The predicted molar refractivity (Wildman–Crippen MR) is 44.6 cm³/mol. The molecule has 0 amide bonds. The van der Waals surface area contributed by atoms with Crippen molar-refractivity contribution in [2.45, 2.75) is 32.6 Å². The van der Waals surface area contributed by atoms with E-state index >= 15 is 0 Å². The molecule has 0 saturated carbocycles. The summed E-state index contributed by atoms with van der Waals surface area (Å²) in [5.41, 5.74) is 4.22. The highest BCUT2D eigenvalue weighted by molar-refractivity contribution is 5.27. The van der Waals surface area contributed by atoms with Crippen molar-refractivity contribution in [3.05, 3.63) is 17.0 Å². The van der Waals surface area contributed by atoms with Crippen LogP contribution >= 0.6 is 0 Å². The van der Waals surface area contributed by atoms with Crippen molar-refractivity contribution in [2.75, 3.05) is 0 Å². The molecule has 0 fully saturated rings. The van der Waals surface area contributed by atoms with Gasteiger partial charge in [-0.15, -0.1) is 0 Å². The Hall–Kier alpha value is -0.790. The van der Waals surface area contributed by atoms with Gasteiger partial charge >= 0.3 is 0 Å². The van der Waals surface area contributed by atoms with Crippen molar-refractivity contribution in [2.24, 2.45) is 7.05 Å². The molecule has 0 aromatic carbocycles. The minimum atomic E-state index is 1.23. The molecule has 0 bridgehead atoms. The maximum absolute atomic E-state index is 4.41. The smallest absolute Gasteiger partial charge is 0.0628 e. The fourth-order valence-corrected chi connectivity index (χ4v) is 1.98. The molecule has 1 aliphatic rings. The van der Waals surface area contributed by atoms with Crippen LogP contribution in [-0.2, 0) is 19.9 Å². The Morgan fingerprint density at radius 2 is 2.00 bits per heavy atom. The van der Waals surface area contributed by atoms with Gasteiger partial charge in [-0.05, 0) is 38.2 Å². The lowest BCUT2D eigenvalue weighted by molar-refractivity contribution is 0.626. The number of aryl methyl sites for hydroxylation is 2. The van der Waals surface area contributed by atoms with Crippen LogP contribution in [0.15, 0.2) is 0 Å². The first-order valence-electron chi connectivity index (χ1n) is 4.30. The number of rotatable bonds is 0. The van der Waals surface area contributed by atoms with Crippen LogP contribution in [0.3, 0.4) is 0 Å². The summed E-state index contributed by atoms with van der Waals surface area (Å²) in [5.74, 6) is 0. The Kier molecular flexibility index (Phi) is 1.48. The Morgan fingerprint density at radius 1 is 1.27 bits per heavy atom. The maximum atomic E-state index is 4.41. The molecular weight excluding hydrogens is 136 g/mol. The van der Waals surface area contributed by atoms with Crippen molar-refractivity contribution in [3.63, 3.8) is 0 Å². The minimum Gasteiger partial charge on any atom is -0.272 e. The summed E-state index contributed by atoms with van der Waals surface area (Å²) in [6, 6.07) is 0. The second-order valence-electron chi connectivity index (χ2n) is 3.34. The summed E-state index contributed by atoms with van der Waals surface area (Å²) in [4.78, 5) is 0. The number of hydrogen-bond acceptors (Lipinski definition) is 1. The number of fused-ring (bicyclic) bond motifs is 1. The molecule has 0 aliphatic heterocycles. The van der Waals surface area contributed by atoms with E-state index in [9.17, 15) is 0 Å². The molecule has 2 nitrogen and oxygen atoms in total. The van der Waals surface area contributed by atoms with Gasteiger partial charge in [0.2, 0.25) is 0 Å². The molecule has 0 N–H and O–H groups in total. The summed E-state index contributed by atoms with van der Waals surface area (Å²) in [6.07, 6.45) is 5.16. The molecule has 2 heteroatoms. The standard InChI is InChI=1S/C9H14N2/c1-7-8-5-3-4-6-9(8)11(2)10-7/h3-6H2,1-2H3. The number of aromatic nitrogens is 2. The molecule has 1 aromatic heterocycles. The number of nitrogens with zero attached hydrogens (tertiary/aromatic N) is 2. The zero-order chi connectivity index (χ0) is 7.84. The van der Waals surface area contributed by atoms with Gasteiger partial charge in [-0.1, -0.05) is 0 Å². The third kappa shape index (κ3) is 0.971. The van der Waals surface area contributed by atoms with E-state index < -0.39 is 0 Å². The number of hydrogen-bond donors (Lipinski definition) is 0. The van der Waals surface area contributed by atoms with Gasteiger partial charge in [0.05, 0.1) is 5.69 Å². The normalized spacial score (nSPS) is 16.5. The topological polar surface area (TPSA) is 17.8 Å². The van der Waals surface area contributed by atoms with E-state index in [0.717, 1.165) is 0 Å². The van der Waals surface area contributed by atoms with Gasteiger partial charge in [0.25, 0.3) is 0 Å². The van der Waals surface area contributed by atoms with Crippen molar-refractivity contribution < 1.29 is 0 Å². The summed E-state index contributed by atoms with van der Waals surface area (Å²) in [7, 11) is 2.05. The van der Waals surface area contributed by atoms with Crippen molar-refractivity contribution in [1.82, 2.24) is 9.78 Å². The molecular formula is C9H14N2. The average molecular weight is 150 g/mol. The minimum absolute atomic E-state index is 1.23. The summed E-state index contributed by atoms with van der Waals surface area (Å²) in [5, 5.41) is 4.41. The van der Waals surface area contributed by atoms with Crippen molar-refractivity contribution >= 4 is 0 Å². The Labute approximate surface area is 67.2 Å². The highest BCUT2D eigenvalue weighted by Crippen LogP contribution is 2.22. The quantitative estimate of drug-likeness (QED) is 0.549. The molecule has 0 spiro atoms. The predicted octanol–water partition coefficient (Wildman–Crippen LogP) is 1.61. The maximum Gasteiger partial charge on any atom is 0.0628 e. The highest BCUT2D eigenvalue weighted by atomic mass is 15.3. The Balaban J connectivity index is 2.52. The summed E-state index contributed by atoms with van der Waals surface area (Å²) >= 11 is 0. The fraction of sp³-hybridized carbons (Fsp3) is 0.667. The van der Waals surface area contributed by atoms with Gasteiger partial charge in [-0.3, -0.25) is 4.68 Å². The molecule has 11 heavy (non-hydrogen) atoms. The lowest BCUT2D eigenvalue weighted by Crippen LogP contribution is -2.05.